The van der Waals surface area contributed by atoms with Crippen LogP contribution in [0.1, 0.15) is 45.6 Å². The number of benzene rings is 1. The molecule has 1 aromatic heterocycles. The monoisotopic (exact) mass is 932 g/mol. The zero-order chi connectivity index (χ0) is 47.9. The number of carbonyl (C=O) groups excluding carboxylic acids is 9. The summed E-state index contributed by atoms with van der Waals surface area (Å²) in [6.45, 7) is 1.84. The Morgan fingerprint density at radius 2 is 1.58 bits per heavy atom. The minimum Gasteiger partial charge on any atom is -0.610 e. The maximum absolute atomic E-state index is 14.7. The van der Waals surface area contributed by atoms with Gasteiger partial charge >= 0.3 is 0 Å². The number of aliphatic hydroxyl groups excluding tert-OH is 3. The number of amides is 9. The Morgan fingerprint density at radius 3 is 2.23 bits per heavy atom. The zero-order valence-electron chi connectivity index (χ0n) is 36.1. The van der Waals surface area contributed by atoms with E-state index in [0.717, 1.165) is 4.90 Å². The topological polar surface area (TPSA) is 376 Å². The van der Waals surface area contributed by atoms with Gasteiger partial charge in [-0.25, -0.2) is 0 Å². The van der Waals surface area contributed by atoms with Crippen LogP contribution < -0.4 is 47.7 Å². The first kappa shape index (κ1) is 50.0. The van der Waals surface area contributed by atoms with E-state index in [2.05, 4.69) is 42.2 Å². The van der Waals surface area contributed by atoms with Crippen molar-refractivity contribution in [2.75, 3.05) is 39.1 Å². The highest BCUT2D eigenvalue weighted by Gasteiger charge is 2.45. The van der Waals surface area contributed by atoms with Crippen LogP contribution in [0.5, 0.6) is 5.75 Å². The smallest absolute Gasteiger partial charge is 0.248 e. The fraction of sp³-hybridized carbons (Fsp3) is 0.575. The van der Waals surface area contributed by atoms with Crippen molar-refractivity contribution in [3.63, 3.8) is 0 Å². The lowest BCUT2D eigenvalue weighted by Gasteiger charge is -2.32. The van der Waals surface area contributed by atoms with Crippen LogP contribution in [0.4, 0.5) is 0 Å². The highest BCUT2D eigenvalue weighted by molar-refractivity contribution is 7.91. The van der Waals surface area contributed by atoms with Crippen LogP contribution in [0, 0.1) is 11.8 Å². The van der Waals surface area contributed by atoms with Crippen LogP contribution in [0.25, 0.3) is 10.9 Å². The number of ether oxygens (including phenoxy) is 1. The van der Waals surface area contributed by atoms with Gasteiger partial charge in [-0.15, -0.1) is 0 Å². The minimum absolute atomic E-state index is 0.107. The summed E-state index contributed by atoms with van der Waals surface area (Å²) in [6.07, 6.45) is -4.33. The average molecular weight is 933 g/mol. The Kier molecular flexibility index (Phi) is 16.7. The number of nitrogens with one attached hydrogen (secondary N) is 8. The first-order valence-corrected chi connectivity index (χ1v) is 22.3. The van der Waals surface area contributed by atoms with Gasteiger partial charge in [0, 0.05) is 53.5 Å². The maximum atomic E-state index is 14.7. The first-order valence-electron chi connectivity index (χ1n) is 20.9. The second kappa shape index (κ2) is 21.8. The van der Waals surface area contributed by atoms with Gasteiger partial charge in [0.2, 0.25) is 58.2 Å². The third kappa shape index (κ3) is 12.0. The van der Waals surface area contributed by atoms with Crippen molar-refractivity contribution in [3.8, 4) is 5.75 Å². The predicted molar refractivity (Wildman–Crippen MR) is 227 cm³/mol. The van der Waals surface area contributed by atoms with E-state index >= 15 is 0 Å². The fourth-order valence-electron chi connectivity index (χ4n) is 7.82. The number of aromatic nitrogens is 1. The predicted octanol–water partition coefficient (Wildman–Crippen LogP) is -5.62. The number of aromatic amines is 1. The largest absolute Gasteiger partial charge is 0.610 e. The molecule has 5 rings (SSSR count). The molecule has 2 bridgehead atoms. The summed E-state index contributed by atoms with van der Waals surface area (Å²) in [7, 11) is 1.40. The summed E-state index contributed by atoms with van der Waals surface area (Å²) in [5.74, 6) is -11.3. The standard InChI is InChI=1S/C40H56N10O14S/c1-5-17(2)32-37(60)43-12-30(55)44-26-16-65(63)39-22(21-7-6-20(64-4)9-23(21)47-39)10-24(34(57)42-13-31(56)48-32)45-38(61)33(18(3)28(53)15-51)49-36(59)27-8-19(52)14-50(27)40(62)25(11-29(41)54)46-35(26)58/h6-7,9,17-19,24-28,32-33,47,51-53H,5,8,10-16H2,1-4H3,(H2,41,54)(H,42,57)(H,43,60)(H,44,55)(H,45,61)(H,46,58)(H,48,56)(H,49,59)/t17-,18-,19?,24?,25-,26?,27-,28-,32-,33-,65+/m0/s1. The van der Waals surface area contributed by atoms with Gasteiger partial charge in [-0.05, 0) is 18.1 Å². The molecule has 1 fully saturated rings. The summed E-state index contributed by atoms with van der Waals surface area (Å²) in [5.41, 5.74) is 5.95. The van der Waals surface area contributed by atoms with Crippen molar-refractivity contribution in [1.29, 1.82) is 0 Å². The van der Waals surface area contributed by atoms with Gasteiger partial charge in [0.25, 0.3) is 0 Å². The van der Waals surface area contributed by atoms with Crippen LogP contribution in [-0.2, 0) is 60.7 Å². The molecular weight excluding hydrogens is 877 g/mol. The lowest BCUT2D eigenvalue weighted by Crippen LogP contribution is -2.62. The van der Waals surface area contributed by atoms with E-state index in [1.54, 1.807) is 26.0 Å². The zero-order valence-corrected chi connectivity index (χ0v) is 37.0. The van der Waals surface area contributed by atoms with Crippen molar-refractivity contribution in [1.82, 2.24) is 47.1 Å². The molecule has 13 N–H and O–H groups in total. The second-order valence-corrected chi connectivity index (χ2v) is 17.8. The number of aliphatic hydroxyl groups is 3. The van der Waals surface area contributed by atoms with Crippen molar-refractivity contribution >= 4 is 75.2 Å². The number of carbonyl (C=O) groups is 9. The van der Waals surface area contributed by atoms with Crippen LogP contribution >= 0.6 is 0 Å². The number of methoxy groups -OCH3 is 1. The number of hydrogen-bond acceptors (Lipinski definition) is 14. The van der Waals surface area contributed by atoms with Gasteiger partial charge < -0.3 is 77.4 Å². The summed E-state index contributed by atoms with van der Waals surface area (Å²) in [4.78, 5) is 128. The molecule has 9 amide bonds. The Hall–Kier alpha value is -6.02. The Balaban J connectivity index is 1.74. The highest BCUT2D eigenvalue weighted by Crippen LogP contribution is 2.31. The molecule has 25 heteroatoms. The second-order valence-electron chi connectivity index (χ2n) is 16.3. The molecule has 0 spiro atoms. The summed E-state index contributed by atoms with van der Waals surface area (Å²) >= 11 is -2.34. The van der Waals surface area contributed by atoms with E-state index in [1.165, 1.54) is 20.1 Å². The molecule has 0 aliphatic carbocycles. The van der Waals surface area contributed by atoms with Crippen LogP contribution in [0.2, 0.25) is 0 Å². The molecule has 3 unspecified atom stereocenters. The number of primary amides is 1. The number of nitrogens with two attached hydrogens (primary N) is 1. The number of rotatable bonds is 8. The third-order valence-electron chi connectivity index (χ3n) is 11.8. The van der Waals surface area contributed by atoms with Gasteiger partial charge in [-0.1, -0.05) is 27.2 Å². The Morgan fingerprint density at radius 1 is 0.908 bits per heavy atom. The van der Waals surface area contributed by atoms with Crippen molar-refractivity contribution < 1.29 is 67.8 Å². The SMILES string of the molecule is CC[C@H](C)[C@@H]1NC(=O)CNC(=O)C2Cc3c([nH]c4cc(OC)ccc34)[S@+]([O-])CC(NC(=O)CNC1=O)C(=O)N[C@@H](CC(N)=O)C(=O)N1CC(O)C[C@H]1C(=O)N[C@@H]([C@@H](C)[C@@H](O)CO)C(=O)N2. The molecular formula is C40H56N10O14S. The molecule has 65 heavy (non-hydrogen) atoms. The fourth-order valence-corrected chi connectivity index (χ4v) is 9.22. The van der Waals surface area contributed by atoms with E-state index < -0.39 is 176 Å². The molecule has 1 aromatic carbocycles. The molecule has 11 atom stereocenters. The van der Waals surface area contributed by atoms with E-state index in [0.29, 0.717) is 23.1 Å². The van der Waals surface area contributed by atoms with Gasteiger partial charge in [-0.2, -0.15) is 0 Å². The number of H-pyrrole nitrogens is 1. The third-order valence-corrected chi connectivity index (χ3v) is 13.2. The molecule has 1 saturated heterocycles. The maximum Gasteiger partial charge on any atom is 0.248 e. The Labute approximate surface area is 375 Å². The molecule has 2 aromatic rings. The van der Waals surface area contributed by atoms with E-state index in [9.17, 15) is 63.0 Å². The van der Waals surface area contributed by atoms with Crippen LogP contribution in [0.15, 0.2) is 23.2 Å². The lowest BCUT2D eigenvalue weighted by molar-refractivity contribution is -0.144. The number of fused-ring (bicyclic) bond motifs is 5. The van der Waals surface area contributed by atoms with Crippen molar-refractivity contribution in [2.45, 2.75) is 99.9 Å². The van der Waals surface area contributed by atoms with E-state index in [4.69, 9.17) is 10.5 Å². The van der Waals surface area contributed by atoms with Gasteiger partial charge in [0.05, 0.1) is 51.0 Å². The average Bonchev–Trinajstić information content (AvgIpc) is 3.85. The van der Waals surface area contributed by atoms with E-state index in [1.807, 2.05) is 0 Å². The Bertz CT molecular complexity index is 2170. The highest BCUT2D eigenvalue weighted by atomic mass is 32.2. The molecule has 0 saturated carbocycles. The summed E-state index contributed by atoms with van der Waals surface area (Å²) in [5, 5.41) is 48.8. The molecule has 0 radical (unpaired) electrons. The summed E-state index contributed by atoms with van der Waals surface area (Å²) in [6, 6.07) is -5.18. The first-order chi connectivity index (χ1) is 30.8. The lowest BCUT2D eigenvalue weighted by atomic mass is 9.93. The molecule has 24 nitrogen and oxygen atoms in total. The van der Waals surface area contributed by atoms with Crippen LogP contribution in [-0.4, -0.2) is 170 Å². The molecule has 4 heterocycles. The van der Waals surface area contributed by atoms with Crippen molar-refractivity contribution in [3.05, 3.63) is 23.8 Å². The number of hydrogen-bond donors (Lipinski definition) is 12. The van der Waals surface area contributed by atoms with Crippen molar-refractivity contribution in [2.24, 2.45) is 17.6 Å². The normalized spacial score (nSPS) is 28.2. The van der Waals surface area contributed by atoms with Gasteiger partial charge in [0.15, 0.2) is 6.04 Å². The molecule has 356 valence electrons. The van der Waals surface area contributed by atoms with E-state index in [-0.39, 0.29) is 10.6 Å². The minimum atomic E-state index is -2.34. The van der Waals surface area contributed by atoms with Gasteiger partial charge in [0.1, 0.15) is 41.7 Å². The molecule has 3 aliphatic heterocycles. The van der Waals surface area contributed by atoms with Gasteiger partial charge in [-0.3, -0.25) is 43.2 Å². The summed E-state index contributed by atoms with van der Waals surface area (Å²) < 4.78 is 20.0. The van der Waals surface area contributed by atoms with Crippen LogP contribution in [0.3, 0.4) is 0 Å². The molecule has 3 aliphatic rings. The quantitative estimate of drug-likeness (QED) is 0.110. The number of nitrogens with zero attached hydrogens (tertiary/aromatic N) is 1.